The van der Waals surface area contributed by atoms with E-state index in [0.717, 1.165) is 17.8 Å². The summed E-state index contributed by atoms with van der Waals surface area (Å²) in [6, 6.07) is 12.6. The molecule has 1 aliphatic rings. The Bertz CT molecular complexity index is 1100. The Kier molecular flexibility index (Phi) is 6.60. The summed E-state index contributed by atoms with van der Waals surface area (Å²) in [5.41, 5.74) is 1.17. The van der Waals surface area contributed by atoms with Crippen LogP contribution < -0.4 is 15.4 Å². The van der Waals surface area contributed by atoms with Crippen molar-refractivity contribution in [2.45, 2.75) is 18.8 Å². The number of ether oxygens (including phenoxy) is 1. The lowest BCUT2D eigenvalue weighted by Crippen LogP contribution is -2.40. The average Bonchev–Trinajstić information content (AvgIpc) is 3.31. The molecule has 0 unspecified atom stereocenters. The molecule has 0 aliphatic carbocycles. The predicted octanol–water partition coefficient (Wildman–Crippen LogP) is 4.35. The fraction of sp³-hybridized carbons (Fsp3) is 0.273. The first kappa shape index (κ1) is 21.7. The van der Waals surface area contributed by atoms with Gasteiger partial charge in [0.15, 0.2) is 0 Å². The maximum Gasteiger partial charge on any atom is 0.321 e. The Morgan fingerprint density at radius 2 is 1.81 bits per heavy atom. The Balaban J connectivity index is 1.30. The minimum atomic E-state index is -0.379. The number of methoxy groups -OCH3 is 1. The van der Waals surface area contributed by atoms with Gasteiger partial charge in [0.25, 0.3) is 5.91 Å². The molecule has 10 heteroatoms. The predicted molar refractivity (Wildman–Crippen MR) is 120 cm³/mol. The number of amides is 3. The number of nitrogens with one attached hydrogen (secondary N) is 2. The molecule has 1 aliphatic heterocycles. The molecular weight excluding hydrogens is 433 g/mol. The lowest BCUT2D eigenvalue weighted by atomic mass is 9.98. The van der Waals surface area contributed by atoms with Crippen LogP contribution in [0.15, 0.2) is 48.5 Å². The van der Waals surface area contributed by atoms with E-state index in [0.29, 0.717) is 30.2 Å². The summed E-state index contributed by atoms with van der Waals surface area (Å²) < 4.78 is 18.2. The number of carbonyl (C=O) groups excluding carboxylic acids is 2. The molecule has 166 valence electrons. The number of hydrogen-bond donors (Lipinski definition) is 2. The van der Waals surface area contributed by atoms with Crippen LogP contribution in [0, 0.1) is 5.82 Å². The maximum atomic E-state index is 13.0. The highest BCUT2D eigenvalue weighted by Gasteiger charge is 2.27. The molecule has 3 amide bonds. The quantitative estimate of drug-likeness (QED) is 0.596. The average molecular weight is 456 g/mol. The zero-order valence-corrected chi connectivity index (χ0v) is 18.2. The number of nitrogens with zero attached hydrogens (tertiary/aromatic N) is 3. The third-order valence-corrected chi connectivity index (χ3v) is 6.27. The van der Waals surface area contributed by atoms with Gasteiger partial charge in [-0.1, -0.05) is 17.4 Å². The van der Waals surface area contributed by atoms with Gasteiger partial charge in [-0.15, -0.1) is 10.2 Å². The number of likely N-dealkylation sites (tertiary alicyclic amines) is 1. The first-order valence-electron chi connectivity index (χ1n) is 10.1. The van der Waals surface area contributed by atoms with E-state index in [1.54, 1.807) is 18.1 Å². The molecule has 2 heterocycles. The molecular formula is C22H22FN5O3S. The zero-order chi connectivity index (χ0) is 22.5. The SMILES string of the molecule is COc1cccc(NC(=O)N2CCC(c3nnc(C(=O)Nc4ccc(F)cc4)s3)CC2)c1. The van der Waals surface area contributed by atoms with Crippen LogP contribution in [0.4, 0.5) is 20.6 Å². The molecule has 32 heavy (non-hydrogen) atoms. The normalized spacial score (nSPS) is 14.1. The summed E-state index contributed by atoms with van der Waals surface area (Å²) in [6.07, 6.45) is 1.47. The fourth-order valence-corrected chi connectivity index (χ4v) is 4.35. The molecule has 2 aromatic carbocycles. The molecule has 2 N–H and O–H groups in total. The smallest absolute Gasteiger partial charge is 0.321 e. The molecule has 8 nitrogen and oxygen atoms in total. The van der Waals surface area contributed by atoms with E-state index in [2.05, 4.69) is 20.8 Å². The third-order valence-electron chi connectivity index (χ3n) is 5.19. The number of benzene rings is 2. The minimum absolute atomic E-state index is 0.140. The number of carbonyl (C=O) groups is 2. The van der Waals surface area contributed by atoms with Gasteiger partial charge in [-0.3, -0.25) is 4.79 Å². The Morgan fingerprint density at radius 1 is 1.06 bits per heavy atom. The van der Waals surface area contributed by atoms with Crippen molar-refractivity contribution in [2.75, 3.05) is 30.8 Å². The fourth-order valence-electron chi connectivity index (χ4n) is 3.44. The largest absolute Gasteiger partial charge is 0.497 e. The summed E-state index contributed by atoms with van der Waals surface area (Å²) >= 11 is 1.24. The number of anilines is 2. The summed E-state index contributed by atoms with van der Waals surface area (Å²) in [5, 5.41) is 14.8. The van der Waals surface area contributed by atoms with Crippen LogP contribution in [0.5, 0.6) is 5.75 Å². The molecule has 1 aromatic heterocycles. The van der Waals surface area contributed by atoms with Gasteiger partial charge in [0.1, 0.15) is 16.6 Å². The van der Waals surface area contributed by atoms with Crippen LogP contribution in [-0.4, -0.2) is 47.2 Å². The molecule has 3 aromatic rings. The van der Waals surface area contributed by atoms with Crippen molar-refractivity contribution < 1.29 is 18.7 Å². The Morgan fingerprint density at radius 3 is 2.53 bits per heavy atom. The van der Waals surface area contributed by atoms with Crippen molar-refractivity contribution in [1.82, 2.24) is 15.1 Å². The highest BCUT2D eigenvalue weighted by Crippen LogP contribution is 2.30. The van der Waals surface area contributed by atoms with E-state index in [1.807, 2.05) is 18.2 Å². The van der Waals surface area contributed by atoms with Crippen LogP contribution in [0.3, 0.4) is 0 Å². The second kappa shape index (κ2) is 9.73. The van der Waals surface area contributed by atoms with Gasteiger partial charge in [-0.25, -0.2) is 9.18 Å². The monoisotopic (exact) mass is 455 g/mol. The van der Waals surface area contributed by atoms with Gasteiger partial charge in [0, 0.05) is 36.4 Å². The van der Waals surface area contributed by atoms with Crippen molar-refractivity contribution in [3.63, 3.8) is 0 Å². The zero-order valence-electron chi connectivity index (χ0n) is 17.4. The summed E-state index contributed by atoms with van der Waals surface area (Å²) in [6.45, 7) is 1.16. The van der Waals surface area contributed by atoms with Crippen molar-refractivity contribution in [2.24, 2.45) is 0 Å². The minimum Gasteiger partial charge on any atom is -0.497 e. The summed E-state index contributed by atoms with van der Waals surface area (Å²) in [7, 11) is 1.58. The van der Waals surface area contributed by atoms with Gasteiger partial charge in [0.05, 0.1) is 7.11 Å². The molecule has 4 rings (SSSR count). The number of rotatable bonds is 5. The van der Waals surface area contributed by atoms with Gasteiger partial charge in [0.2, 0.25) is 5.01 Å². The third kappa shape index (κ3) is 5.20. The van der Waals surface area contributed by atoms with E-state index in [-0.39, 0.29) is 28.7 Å². The van der Waals surface area contributed by atoms with Gasteiger partial charge in [-0.2, -0.15) is 0 Å². The lowest BCUT2D eigenvalue weighted by molar-refractivity contribution is 0.102. The van der Waals surface area contributed by atoms with Crippen molar-refractivity contribution in [3.05, 3.63) is 64.4 Å². The van der Waals surface area contributed by atoms with Crippen LogP contribution in [0.25, 0.3) is 0 Å². The number of halogens is 1. The van der Waals surface area contributed by atoms with Crippen LogP contribution in [0.2, 0.25) is 0 Å². The first-order chi connectivity index (χ1) is 15.5. The topological polar surface area (TPSA) is 96.4 Å². The van der Waals surface area contributed by atoms with Crippen molar-refractivity contribution in [3.8, 4) is 5.75 Å². The van der Waals surface area contributed by atoms with Gasteiger partial charge < -0.3 is 20.3 Å². The van der Waals surface area contributed by atoms with E-state index in [1.165, 1.54) is 35.6 Å². The van der Waals surface area contributed by atoms with Crippen molar-refractivity contribution >= 4 is 34.6 Å². The van der Waals surface area contributed by atoms with Crippen LogP contribution >= 0.6 is 11.3 Å². The first-order valence-corrected chi connectivity index (χ1v) is 10.9. The molecule has 1 saturated heterocycles. The van der Waals surface area contributed by atoms with E-state index >= 15 is 0 Å². The Labute approximate surface area is 188 Å². The highest BCUT2D eigenvalue weighted by molar-refractivity contribution is 7.13. The summed E-state index contributed by atoms with van der Waals surface area (Å²) in [5.74, 6) is 0.0676. The lowest BCUT2D eigenvalue weighted by Gasteiger charge is -2.31. The second-order valence-electron chi connectivity index (χ2n) is 7.33. The molecule has 1 fully saturated rings. The number of hydrogen-bond acceptors (Lipinski definition) is 6. The molecule has 0 spiro atoms. The standard InChI is InChI=1S/C22H22FN5O3S/c1-31-18-4-2-3-17(13-18)25-22(30)28-11-9-14(10-12-28)20-26-27-21(32-20)19(29)24-16-7-5-15(23)6-8-16/h2-8,13-14H,9-12H2,1H3,(H,24,29)(H,25,30). The molecule has 0 saturated carbocycles. The van der Waals surface area contributed by atoms with E-state index in [4.69, 9.17) is 4.74 Å². The number of piperidine rings is 1. The number of urea groups is 1. The molecule has 0 radical (unpaired) electrons. The molecule has 0 bridgehead atoms. The molecule has 0 atom stereocenters. The van der Waals surface area contributed by atoms with Gasteiger partial charge in [-0.05, 0) is 49.2 Å². The van der Waals surface area contributed by atoms with Crippen molar-refractivity contribution in [1.29, 1.82) is 0 Å². The summed E-state index contributed by atoms with van der Waals surface area (Å²) in [4.78, 5) is 26.7. The van der Waals surface area contributed by atoms with Crippen LogP contribution in [-0.2, 0) is 0 Å². The number of aromatic nitrogens is 2. The highest BCUT2D eigenvalue weighted by atomic mass is 32.1. The van der Waals surface area contributed by atoms with E-state index < -0.39 is 0 Å². The maximum absolute atomic E-state index is 13.0. The second-order valence-corrected chi connectivity index (χ2v) is 8.34. The Hall–Kier alpha value is -3.53. The van der Waals surface area contributed by atoms with Gasteiger partial charge >= 0.3 is 6.03 Å². The van der Waals surface area contributed by atoms with E-state index in [9.17, 15) is 14.0 Å². The van der Waals surface area contributed by atoms with Crippen LogP contribution in [0.1, 0.15) is 33.6 Å².